The fourth-order valence-electron chi connectivity index (χ4n) is 1.71. The maximum atomic E-state index is 12.5. The first-order chi connectivity index (χ1) is 9.44. The van der Waals surface area contributed by atoms with Crippen molar-refractivity contribution in [3.63, 3.8) is 0 Å². The lowest BCUT2D eigenvalue weighted by molar-refractivity contribution is -0.331. The van der Waals surface area contributed by atoms with E-state index in [9.17, 15) is 13.2 Å². The van der Waals surface area contributed by atoms with E-state index in [1.54, 1.807) is 42.5 Å². The van der Waals surface area contributed by atoms with Crippen LogP contribution in [0.2, 0.25) is 0 Å². The molecule has 0 atom stereocenters. The Morgan fingerprint density at radius 3 is 2.10 bits per heavy atom. The average molecular weight is 280 g/mol. The van der Waals surface area contributed by atoms with E-state index in [1.807, 2.05) is 0 Å². The minimum absolute atomic E-state index is 0.00314. The minimum Gasteiger partial charge on any atom is -0.241 e. The van der Waals surface area contributed by atoms with E-state index in [0.29, 0.717) is 5.69 Å². The number of hydrogen-bond donors (Lipinski definition) is 0. The fourth-order valence-corrected chi connectivity index (χ4v) is 1.71. The highest BCUT2D eigenvalue weighted by atomic mass is 19.4. The van der Waals surface area contributed by atoms with Crippen molar-refractivity contribution in [3.8, 4) is 0 Å². The van der Waals surface area contributed by atoms with Crippen LogP contribution in [0, 0.1) is 6.92 Å². The van der Waals surface area contributed by atoms with Gasteiger partial charge in [0.15, 0.2) is 0 Å². The second kappa shape index (κ2) is 5.96. The first-order valence-corrected chi connectivity index (χ1v) is 5.93. The molecular formula is C15H13F3NO. The Labute approximate surface area is 115 Å². The summed E-state index contributed by atoms with van der Waals surface area (Å²) < 4.78 is 37.5. The predicted molar refractivity (Wildman–Crippen MR) is 70.7 cm³/mol. The standard InChI is InChI=1S/C15H13F3NO/c1-12-7-9-14(10-8-12)19(20-15(16,17)18)11-13-5-3-2-4-6-13/h2-10H,1,11H2. The number of nitrogens with zero attached hydrogens (tertiary/aromatic N) is 1. The van der Waals surface area contributed by atoms with Gasteiger partial charge in [-0.3, -0.25) is 0 Å². The van der Waals surface area contributed by atoms with Gasteiger partial charge in [-0.25, -0.2) is 5.06 Å². The zero-order valence-corrected chi connectivity index (χ0v) is 10.6. The zero-order valence-electron chi connectivity index (χ0n) is 10.6. The van der Waals surface area contributed by atoms with E-state index in [4.69, 9.17) is 0 Å². The number of hydroxylamine groups is 1. The Balaban J connectivity index is 2.22. The van der Waals surface area contributed by atoms with Crippen molar-refractivity contribution >= 4 is 5.69 Å². The molecule has 0 N–H and O–H groups in total. The van der Waals surface area contributed by atoms with E-state index >= 15 is 0 Å². The van der Waals surface area contributed by atoms with Crippen LogP contribution in [0.15, 0.2) is 54.6 Å². The molecule has 0 aliphatic heterocycles. The fraction of sp³-hybridized carbons (Fsp3) is 0.133. The molecule has 0 bridgehead atoms. The lowest BCUT2D eigenvalue weighted by Crippen LogP contribution is -2.31. The molecule has 0 aromatic heterocycles. The van der Waals surface area contributed by atoms with E-state index in [1.165, 1.54) is 12.1 Å². The van der Waals surface area contributed by atoms with Gasteiger partial charge in [-0.15, -0.1) is 13.2 Å². The van der Waals surface area contributed by atoms with Gasteiger partial charge in [-0.05, 0) is 30.2 Å². The Hall–Kier alpha value is -2.01. The molecule has 0 saturated carbocycles. The molecule has 0 saturated heterocycles. The number of halogens is 3. The molecule has 0 unspecified atom stereocenters. The number of rotatable bonds is 4. The summed E-state index contributed by atoms with van der Waals surface area (Å²) in [5.41, 5.74) is 1.76. The molecule has 105 valence electrons. The average Bonchev–Trinajstić information content (AvgIpc) is 2.38. The Morgan fingerprint density at radius 2 is 1.55 bits per heavy atom. The van der Waals surface area contributed by atoms with Crippen LogP contribution in [0.25, 0.3) is 0 Å². The van der Waals surface area contributed by atoms with Crippen LogP contribution >= 0.6 is 0 Å². The third-order valence-electron chi connectivity index (χ3n) is 2.61. The normalized spacial score (nSPS) is 11.4. The summed E-state index contributed by atoms with van der Waals surface area (Å²) >= 11 is 0. The molecule has 0 fully saturated rings. The predicted octanol–water partition coefficient (Wildman–Crippen LogP) is 4.33. The minimum atomic E-state index is -4.74. The molecule has 2 rings (SSSR count). The van der Waals surface area contributed by atoms with Crippen LogP contribution < -0.4 is 5.06 Å². The quantitative estimate of drug-likeness (QED) is 0.773. The van der Waals surface area contributed by atoms with Gasteiger partial charge < -0.3 is 0 Å². The largest absolute Gasteiger partial charge is 0.544 e. The Kier molecular flexibility index (Phi) is 4.29. The molecule has 2 aromatic rings. The molecule has 2 aromatic carbocycles. The van der Waals surface area contributed by atoms with E-state index in [0.717, 1.165) is 16.2 Å². The second-order valence-electron chi connectivity index (χ2n) is 4.23. The highest BCUT2D eigenvalue weighted by Crippen LogP contribution is 2.25. The van der Waals surface area contributed by atoms with Gasteiger partial charge in [-0.2, -0.15) is 4.84 Å². The first-order valence-electron chi connectivity index (χ1n) is 5.93. The van der Waals surface area contributed by atoms with Gasteiger partial charge in [-0.1, -0.05) is 42.5 Å². The molecule has 1 radical (unpaired) electrons. The van der Waals surface area contributed by atoms with Crippen molar-refractivity contribution in [2.75, 3.05) is 5.06 Å². The summed E-state index contributed by atoms with van der Waals surface area (Å²) in [7, 11) is 0. The van der Waals surface area contributed by atoms with E-state index < -0.39 is 6.36 Å². The number of benzene rings is 2. The lowest BCUT2D eigenvalue weighted by atomic mass is 10.2. The molecule has 0 amide bonds. The van der Waals surface area contributed by atoms with E-state index in [-0.39, 0.29) is 6.54 Å². The third-order valence-corrected chi connectivity index (χ3v) is 2.61. The molecule has 0 aliphatic carbocycles. The molecule has 0 spiro atoms. The van der Waals surface area contributed by atoms with Crippen LogP contribution in [0.1, 0.15) is 11.1 Å². The maximum Gasteiger partial charge on any atom is 0.544 e. The van der Waals surface area contributed by atoms with Crippen LogP contribution in [0.5, 0.6) is 0 Å². The molecule has 5 heteroatoms. The van der Waals surface area contributed by atoms with Crippen molar-refractivity contribution in [1.82, 2.24) is 0 Å². The monoisotopic (exact) mass is 280 g/mol. The van der Waals surface area contributed by atoms with Gasteiger partial charge in [0.25, 0.3) is 0 Å². The second-order valence-corrected chi connectivity index (χ2v) is 4.23. The van der Waals surface area contributed by atoms with Crippen LogP contribution in [-0.2, 0) is 11.4 Å². The van der Waals surface area contributed by atoms with Crippen LogP contribution in [0.4, 0.5) is 18.9 Å². The van der Waals surface area contributed by atoms with Crippen LogP contribution in [0.3, 0.4) is 0 Å². The van der Waals surface area contributed by atoms with Crippen molar-refractivity contribution < 1.29 is 18.0 Å². The molecule has 2 nitrogen and oxygen atoms in total. The first kappa shape index (κ1) is 14.4. The molecule has 20 heavy (non-hydrogen) atoms. The van der Waals surface area contributed by atoms with Gasteiger partial charge in [0.2, 0.25) is 0 Å². The number of anilines is 1. The van der Waals surface area contributed by atoms with Crippen molar-refractivity contribution in [2.24, 2.45) is 0 Å². The lowest BCUT2D eigenvalue weighted by Gasteiger charge is -2.24. The smallest absolute Gasteiger partial charge is 0.241 e. The summed E-state index contributed by atoms with van der Waals surface area (Å²) in [6.07, 6.45) is -4.74. The van der Waals surface area contributed by atoms with Crippen molar-refractivity contribution in [3.05, 3.63) is 72.6 Å². The topological polar surface area (TPSA) is 12.5 Å². The number of hydrogen-bond acceptors (Lipinski definition) is 2. The highest BCUT2D eigenvalue weighted by molar-refractivity contribution is 5.46. The van der Waals surface area contributed by atoms with Crippen LogP contribution in [-0.4, -0.2) is 6.36 Å². The number of alkyl halides is 3. The third kappa shape index (κ3) is 4.28. The van der Waals surface area contributed by atoms with Gasteiger partial charge >= 0.3 is 6.36 Å². The van der Waals surface area contributed by atoms with Gasteiger partial charge in [0.1, 0.15) is 0 Å². The molecular weight excluding hydrogens is 267 g/mol. The molecule has 0 aliphatic rings. The maximum absolute atomic E-state index is 12.5. The summed E-state index contributed by atoms with van der Waals surface area (Å²) in [6.45, 7) is 3.69. The highest BCUT2D eigenvalue weighted by Gasteiger charge is 2.33. The van der Waals surface area contributed by atoms with Gasteiger partial charge in [0, 0.05) is 0 Å². The van der Waals surface area contributed by atoms with Crippen molar-refractivity contribution in [1.29, 1.82) is 0 Å². The summed E-state index contributed by atoms with van der Waals surface area (Å²) in [5.74, 6) is 0. The Morgan fingerprint density at radius 1 is 0.950 bits per heavy atom. The molecule has 0 heterocycles. The summed E-state index contributed by atoms with van der Waals surface area (Å²) in [4.78, 5) is 4.08. The summed E-state index contributed by atoms with van der Waals surface area (Å²) in [6, 6.07) is 15.1. The zero-order chi connectivity index (χ0) is 14.6. The SMILES string of the molecule is [CH2]c1ccc(N(Cc2ccccc2)OC(F)(F)F)cc1. The Bertz CT molecular complexity index is 537. The van der Waals surface area contributed by atoms with E-state index in [2.05, 4.69) is 11.8 Å². The van der Waals surface area contributed by atoms with Crippen molar-refractivity contribution in [2.45, 2.75) is 12.9 Å². The summed E-state index contributed by atoms with van der Waals surface area (Å²) in [5, 5.41) is 0.814. The van der Waals surface area contributed by atoms with Gasteiger partial charge in [0.05, 0.1) is 12.2 Å².